The highest BCUT2D eigenvalue weighted by Crippen LogP contribution is 2.34. The fourth-order valence-corrected chi connectivity index (χ4v) is 3.43. The Hall–Kier alpha value is -2.59. The topological polar surface area (TPSA) is 91.4 Å². The Morgan fingerprint density at radius 1 is 1.14 bits per heavy atom. The molecule has 1 aromatic rings. The zero-order valence-electron chi connectivity index (χ0n) is 15.6. The number of hydrogen-bond donors (Lipinski definition) is 0. The van der Waals surface area contributed by atoms with Gasteiger partial charge >= 0.3 is 11.9 Å². The number of thiocarbonyl (C=S) groups is 1. The minimum absolute atomic E-state index is 0.233. The summed E-state index contributed by atoms with van der Waals surface area (Å²) in [7, 11) is 2.52. The lowest BCUT2D eigenvalue weighted by Gasteiger charge is -2.12. The highest BCUT2D eigenvalue weighted by atomic mass is 32.2. The minimum Gasteiger partial charge on any atom is -0.490 e. The van der Waals surface area contributed by atoms with Crippen molar-refractivity contribution < 1.29 is 33.3 Å². The Bertz CT molecular complexity index is 822. The van der Waals surface area contributed by atoms with Crippen molar-refractivity contribution >= 4 is 52.2 Å². The first-order chi connectivity index (χ1) is 13.4. The molecule has 1 aromatic carbocycles. The number of ether oxygens (including phenoxy) is 4. The third-order valence-corrected chi connectivity index (χ3v) is 4.90. The Labute approximate surface area is 171 Å². The number of esters is 2. The summed E-state index contributed by atoms with van der Waals surface area (Å²) in [6.07, 6.45) is 1.64. The lowest BCUT2D eigenvalue weighted by Crippen LogP contribution is -2.33. The van der Waals surface area contributed by atoms with Crippen LogP contribution in [-0.4, -0.2) is 61.0 Å². The third-order valence-electron chi connectivity index (χ3n) is 3.53. The van der Waals surface area contributed by atoms with E-state index in [1.807, 2.05) is 6.92 Å². The molecule has 1 fully saturated rings. The molecular formula is C18H19NO7S2. The molecule has 1 amide bonds. The molecule has 1 aliphatic rings. The van der Waals surface area contributed by atoms with Crippen molar-refractivity contribution in [2.45, 2.75) is 6.92 Å². The van der Waals surface area contributed by atoms with E-state index in [-0.39, 0.29) is 23.4 Å². The van der Waals surface area contributed by atoms with Gasteiger partial charge in [0.05, 0.1) is 25.7 Å². The molecule has 0 atom stereocenters. The van der Waals surface area contributed by atoms with E-state index in [0.29, 0.717) is 28.6 Å². The molecule has 0 unspecified atom stereocenters. The predicted molar refractivity (Wildman–Crippen MR) is 107 cm³/mol. The van der Waals surface area contributed by atoms with Gasteiger partial charge in [0, 0.05) is 0 Å². The summed E-state index contributed by atoms with van der Waals surface area (Å²) in [5.74, 6) is -0.638. The van der Waals surface area contributed by atoms with Gasteiger partial charge < -0.3 is 18.9 Å². The van der Waals surface area contributed by atoms with Gasteiger partial charge in [-0.3, -0.25) is 14.5 Å². The van der Waals surface area contributed by atoms with E-state index < -0.39 is 11.9 Å². The highest BCUT2D eigenvalue weighted by Gasteiger charge is 2.33. The molecule has 0 aliphatic carbocycles. The normalized spacial score (nSPS) is 15.0. The van der Waals surface area contributed by atoms with Gasteiger partial charge in [0.15, 0.2) is 18.1 Å². The van der Waals surface area contributed by atoms with Crippen LogP contribution in [-0.2, 0) is 23.9 Å². The molecule has 28 heavy (non-hydrogen) atoms. The Morgan fingerprint density at radius 3 is 2.50 bits per heavy atom. The number of amides is 1. The molecule has 0 aromatic heterocycles. The second kappa shape index (κ2) is 10.1. The SMILES string of the molecule is CCOc1cc(/C=C2\SC(=S)N(CC(=O)OC)C2=O)ccc1OCC(=O)OC. The number of nitrogens with zero attached hydrogens (tertiary/aromatic N) is 1. The minimum atomic E-state index is -0.553. The van der Waals surface area contributed by atoms with Crippen molar-refractivity contribution in [3.8, 4) is 11.5 Å². The smallest absolute Gasteiger partial charge is 0.343 e. The monoisotopic (exact) mass is 425 g/mol. The standard InChI is InChI=1S/C18H19NO7S2/c1-4-25-13-7-11(5-6-12(13)26-10-16(21)24-3)8-14-17(22)19(18(27)28-14)9-15(20)23-2/h5-8H,4,9-10H2,1-3H3/b14-8-. The van der Waals surface area contributed by atoms with Crippen LogP contribution in [0.4, 0.5) is 0 Å². The van der Waals surface area contributed by atoms with Crippen molar-refractivity contribution in [1.82, 2.24) is 4.90 Å². The number of rotatable bonds is 8. The summed E-state index contributed by atoms with van der Waals surface area (Å²) in [5.41, 5.74) is 0.674. The first-order valence-corrected chi connectivity index (χ1v) is 9.40. The molecule has 0 saturated carbocycles. The molecule has 8 nitrogen and oxygen atoms in total. The summed E-state index contributed by atoms with van der Waals surface area (Å²) >= 11 is 6.26. The quantitative estimate of drug-likeness (QED) is 0.352. The molecule has 1 aliphatic heterocycles. The lowest BCUT2D eigenvalue weighted by atomic mass is 10.2. The van der Waals surface area contributed by atoms with Crippen molar-refractivity contribution in [1.29, 1.82) is 0 Å². The second-order valence-corrected chi connectivity index (χ2v) is 7.02. The molecule has 150 valence electrons. The average molecular weight is 425 g/mol. The van der Waals surface area contributed by atoms with Crippen LogP contribution >= 0.6 is 24.0 Å². The van der Waals surface area contributed by atoms with E-state index in [1.165, 1.54) is 19.1 Å². The van der Waals surface area contributed by atoms with Crippen molar-refractivity contribution in [3.63, 3.8) is 0 Å². The third kappa shape index (κ3) is 5.46. The average Bonchev–Trinajstić information content (AvgIpc) is 2.94. The molecule has 1 heterocycles. The maximum atomic E-state index is 12.5. The predicted octanol–water partition coefficient (Wildman–Crippen LogP) is 2.01. The van der Waals surface area contributed by atoms with E-state index in [0.717, 1.165) is 11.8 Å². The molecule has 0 radical (unpaired) electrons. The molecule has 0 bridgehead atoms. The van der Waals surface area contributed by atoms with Gasteiger partial charge in [-0.2, -0.15) is 0 Å². The molecule has 0 spiro atoms. The maximum Gasteiger partial charge on any atom is 0.343 e. The van der Waals surface area contributed by atoms with Crippen LogP contribution in [0.25, 0.3) is 6.08 Å². The fraction of sp³-hybridized carbons (Fsp3) is 0.333. The van der Waals surface area contributed by atoms with Gasteiger partial charge in [-0.15, -0.1) is 0 Å². The first kappa shape index (κ1) is 21.7. The summed E-state index contributed by atoms with van der Waals surface area (Å²) in [6.45, 7) is 1.72. The number of thioether (sulfide) groups is 1. The molecule has 2 rings (SSSR count). The van der Waals surface area contributed by atoms with E-state index in [1.54, 1.807) is 24.3 Å². The summed E-state index contributed by atoms with van der Waals surface area (Å²) in [5, 5.41) is 0. The van der Waals surface area contributed by atoms with E-state index in [9.17, 15) is 14.4 Å². The molecule has 10 heteroatoms. The van der Waals surface area contributed by atoms with Crippen LogP contribution in [0.1, 0.15) is 12.5 Å². The van der Waals surface area contributed by atoms with Gasteiger partial charge in [-0.1, -0.05) is 30.0 Å². The molecule has 0 N–H and O–H groups in total. The summed E-state index contributed by atoms with van der Waals surface area (Å²) in [4.78, 5) is 36.8. The number of hydrogen-bond acceptors (Lipinski definition) is 9. The number of carbonyl (C=O) groups excluding carboxylic acids is 3. The fourth-order valence-electron chi connectivity index (χ4n) is 2.18. The Balaban J connectivity index is 2.21. The van der Waals surface area contributed by atoms with Crippen LogP contribution in [0.3, 0.4) is 0 Å². The zero-order chi connectivity index (χ0) is 20.7. The Morgan fingerprint density at radius 2 is 1.86 bits per heavy atom. The Kier molecular flexibility index (Phi) is 7.82. The van der Waals surface area contributed by atoms with E-state index in [2.05, 4.69) is 9.47 Å². The number of methoxy groups -OCH3 is 2. The van der Waals surface area contributed by atoms with Crippen LogP contribution in [0.2, 0.25) is 0 Å². The van der Waals surface area contributed by atoms with Crippen LogP contribution in [0.15, 0.2) is 23.1 Å². The van der Waals surface area contributed by atoms with Gasteiger partial charge in [0.1, 0.15) is 10.9 Å². The second-order valence-electron chi connectivity index (χ2n) is 5.35. The van der Waals surface area contributed by atoms with E-state index in [4.69, 9.17) is 21.7 Å². The van der Waals surface area contributed by atoms with Crippen LogP contribution in [0, 0.1) is 0 Å². The number of benzene rings is 1. The van der Waals surface area contributed by atoms with Crippen LogP contribution < -0.4 is 9.47 Å². The van der Waals surface area contributed by atoms with Gasteiger partial charge in [0.25, 0.3) is 5.91 Å². The van der Waals surface area contributed by atoms with Gasteiger partial charge in [0.2, 0.25) is 0 Å². The maximum absolute atomic E-state index is 12.5. The summed E-state index contributed by atoms with van der Waals surface area (Å²) < 4.78 is 20.4. The van der Waals surface area contributed by atoms with Gasteiger partial charge in [-0.05, 0) is 30.7 Å². The largest absolute Gasteiger partial charge is 0.490 e. The van der Waals surface area contributed by atoms with Crippen molar-refractivity contribution in [2.75, 3.05) is 34.0 Å². The van der Waals surface area contributed by atoms with E-state index >= 15 is 0 Å². The lowest BCUT2D eigenvalue weighted by molar-refractivity contribution is -0.143. The molecular weight excluding hydrogens is 406 g/mol. The number of carbonyl (C=O) groups is 3. The zero-order valence-corrected chi connectivity index (χ0v) is 17.2. The van der Waals surface area contributed by atoms with Gasteiger partial charge in [-0.25, -0.2) is 4.79 Å². The highest BCUT2D eigenvalue weighted by molar-refractivity contribution is 8.26. The summed E-state index contributed by atoms with van der Waals surface area (Å²) in [6, 6.07) is 5.03. The first-order valence-electron chi connectivity index (χ1n) is 8.18. The van der Waals surface area contributed by atoms with Crippen molar-refractivity contribution in [2.24, 2.45) is 0 Å². The molecule has 1 saturated heterocycles. The van der Waals surface area contributed by atoms with Crippen molar-refractivity contribution in [3.05, 3.63) is 28.7 Å². The van der Waals surface area contributed by atoms with Crippen LogP contribution in [0.5, 0.6) is 11.5 Å².